The molecule has 0 aliphatic carbocycles. The SMILES string of the molecule is C[C@@H](NC(=O)COC(=O)c1cc[n+]([O-])cc1)c1cccs1. The molecular formula is C14H14N2O4S. The number of carbonyl (C=O) groups is 2. The van der Waals surface area contributed by atoms with Crippen molar-refractivity contribution in [1.29, 1.82) is 0 Å². The molecule has 0 aliphatic heterocycles. The van der Waals surface area contributed by atoms with E-state index in [1.54, 1.807) is 11.3 Å². The van der Waals surface area contributed by atoms with Crippen molar-refractivity contribution in [3.05, 3.63) is 57.7 Å². The molecule has 0 radical (unpaired) electrons. The van der Waals surface area contributed by atoms with E-state index >= 15 is 0 Å². The summed E-state index contributed by atoms with van der Waals surface area (Å²) in [5, 5.41) is 15.5. The summed E-state index contributed by atoms with van der Waals surface area (Å²) in [6, 6.07) is 6.36. The predicted molar refractivity (Wildman–Crippen MR) is 76.6 cm³/mol. The monoisotopic (exact) mass is 306 g/mol. The molecule has 0 aromatic carbocycles. The molecule has 2 aromatic rings. The Morgan fingerprint density at radius 1 is 1.38 bits per heavy atom. The van der Waals surface area contributed by atoms with Crippen LogP contribution in [-0.2, 0) is 9.53 Å². The van der Waals surface area contributed by atoms with Crippen molar-refractivity contribution < 1.29 is 19.1 Å². The fraction of sp³-hybridized carbons (Fsp3) is 0.214. The average Bonchev–Trinajstić information content (AvgIpc) is 3.00. The van der Waals surface area contributed by atoms with Gasteiger partial charge in [-0.25, -0.2) is 4.79 Å². The van der Waals surface area contributed by atoms with Crippen molar-refractivity contribution in [1.82, 2.24) is 5.32 Å². The number of thiophene rings is 1. The van der Waals surface area contributed by atoms with Crippen molar-refractivity contribution >= 4 is 23.2 Å². The highest BCUT2D eigenvalue weighted by atomic mass is 32.1. The second-order valence-corrected chi connectivity index (χ2v) is 5.31. The summed E-state index contributed by atoms with van der Waals surface area (Å²) < 4.78 is 5.45. The standard InChI is InChI=1S/C14H14N2O4S/c1-10(12-3-2-8-21-12)15-13(17)9-20-14(18)11-4-6-16(19)7-5-11/h2-8,10H,9H2,1H3,(H,15,17)/t10-/m1/s1. The predicted octanol–water partition coefficient (Wildman–Crippen LogP) is 1.42. The smallest absolute Gasteiger partial charge is 0.339 e. The lowest BCUT2D eigenvalue weighted by molar-refractivity contribution is -0.605. The first-order chi connectivity index (χ1) is 10.1. The van der Waals surface area contributed by atoms with E-state index in [1.807, 2.05) is 24.4 Å². The quantitative estimate of drug-likeness (QED) is 0.514. The number of nitrogens with one attached hydrogen (secondary N) is 1. The minimum absolute atomic E-state index is 0.132. The lowest BCUT2D eigenvalue weighted by Crippen LogP contribution is -2.31. The van der Waals surface area contributed by atoms with E-state index in [-0.39, 0.29) is 24.1 Å². The molecule has 21 heavy (non-hydrogen) atoms. The first-order valence-corrected chi connectivity index (χ1v) is 7.13. The summed E-state index contributed by atoms with van der Waals surface area (Å²) in [6.45, 7) is 1.50. The van der Waals surface area contributed by atoms with Crippen LogP contribution in [0.15, 0.2) is 42.0 Å². The molecule has 0 saturated carbocycles. The van der Waals surface area contributed by atoms with Crippen LogP contribution in [-0.4, -0.2) is 18.5 Å². The zero-order chi connectivity index (χ0) is 15.2. The van der Waals surface area contributed by atoms with Crippen molar-refractivity contribution in [2.24, 2.45) is 0 Å². The van der Waals surface area contributed by atoms with E-state index in [0.717, 1.165) is 4.88 Å². The first kappa shape index (κ1) is 15.0. The highest BCUT2D eigenvalue weighted by molar-refractivity contribution is 7.10. The van der Waals surface area contributed by atoms with Crippen LogP contribution >= 0.6 is 11.3 Å². The fourth-order valence-electron chi connectivity index (χ4n) is 1.66. The normalized spacial score (nSPS) is 11.7. The van der Waals surface area contributed by atoms with Crippen molar-refractivity contribution in [2.45, 2.75) is 13.0 Å². The average molecular weight is 306 g/mol. The van der Waals surface area contributed by atoms with E-state index in [2.05, 4.69) is 5.32 Å². The van der Waals surface area contributed by atoms with Crippen LogP contribution in [0.3, 0.4) is 0 Å². The number of pyridine rings is 1. The molecule has 110 valence electrons. The fourth-order valence-corrected chi connectivity index (χ4v) is 2.39. The molecule has 1 N–H and O–H groups in total. The molecule has 0 aliphatic rings. The third kappa shape index (κ3) is 4.28. The Morgan fingerprint density at radius 3 is 2.71 bits per heavy atom. The number of hydrogen-bond acceptors (Lipinski definition) is 5. The number of esters is 1. The summed E-state index contributed by atoms with van der Waals surface area (Å²) in [6.07, 6.45) is 2.38. The number of nitrogens with zero attached hydrogens (tertiary/aromatic N) is 1. The highest BCUT2D eigenvalue weighted by Gasteiger charge is 2.14. The van der Waals surface area contributed by atoms with E-state index in [1.165, 1.54) is 24.5 Å². The molecule has 6 nitrogen and oxygen atoms in total. The number of amides is 1. The zero-order valence-electron chi connectivity index (χ0n) is 11.3. The third-order valence-electron chi connectivity index (χ3n) is 2.72. The van der Waals surface area contributed by atoms with Crippen LogP contribution in [0.2, 0.25) is 0 Å². The Hall–Kier alpha value is -2.41. The maximum absolute atomic E-state index is 11.7. The van der Waals surface area contributed by atoms with Crippen LogP contribution < -0.4 is 10.0 Å². The van der Waals surface area contributed by atoms with Crippen molar-refractivity contribution in [2.75, 3.05) is 6.61 Å². The van der Waals surface area contributed by atoms with Gasteiger partial charge >= 0.3 is 5.97 Å². The molecule has 7 heteroatoms. The second-order valence-electron chi connectivity index (χ2n) is 4.33. The van der Waals surface area contributed by atoms with E-state index in [0.29, 0.717) is 4.73 Å². The topological polar surface area (TPSA) is 82.3 Å². The van der Waals surface area contributed by atoms with Gasteiger partial charge in [0.25, 0.3) is 5.91 Å². The van der Waals surface area contributed by atoms with Gasteiger partial charge in [-0.2, -0.15) is 4.73 Å². The number of carbonyl (C=O) groups excluding carboxylic acids is 2. The van der Waals surface area contributed by atoms with Gasteiger partial charge in [0.15, 0.2) is 19.0 Å². The molecule has 1 amide bonds. The van der Waals surface area contributed by atoms with Gasteiger partial charge in [-0.3, -0.25) is 4.79 Å². The Balaban J connectivity index is 1.81. The van der Waals surface area contributed by atoms with Crippen LogP contribution in [0.25, 0.3) is 0 Å². The maximum atomic E-state index is 11.7. The first-order valence-electron chi connectivity index (χ1n) is 6.25. The maximum Gasteiger partial charge on any atom is 0.339 e. The number of ether oxygens (including phenoxy) is 1. The van der Waals surface area contributed by atoms with E-state index < -0.39 is 5.97 Å². The van der Waals surface area contributed by atoms with Crippen LogP contribution in [0, 0.1) is 5.21 Å². The third-order valence-corrected chi connectivity index (χ3v) is 3.77. The Bertz CT molecular complexity index is 610. The molecule has 0 bridgehead atoms. The van der Waals surface area contributed by atoms with Crippen molar-refractivity contribution in [3.8, 4) is 0 Å². The molecule has 0 spiro atoms. The van der Waals surface area contributed by atoms with Gasteiger partial charge < -0.3 is 15.3 Å². The van der Waals surface area contributed by atoms with E-state index in [9.17, 15) is 14.8 Å². The summed E-state index contributed by atoms with van der Waals surface area (Å²) >= 11 is 1.54. The van der Waals surface area contributed by atoms with Crippen LogP contribution in [0.1, 0.15) is 28.2 Å². The lowest BCUT2D eigenvalue weighted by atomic mass is 10.3. The minimum Gasteiger partial charge on any atom is -0.619 e. The molecule has 1 atom stereocenters. The number of aromatic nitrogens is 1. The molecule has 2 heterocycles. The van der Waals surface area contributed by atoms with Crippen LogP contribution in [0.5, 0.6) is 0 Å². The zero-order valence-corrected chi connectivity index (χ0v) is 12.1. The summed E-state index contributed by atoms with van der Waals surface area (Å²) in [5.41, 5.74) is 0.223. The van der Waals surface area contributed by atoms with Crippen LogP contribution in [0.4, 0.5) is 0 Å². The highest BCUT2D eigenvalue weighted by Crippen LogP contribution is 2.17. The molecule has 2 aromatic heterocycles. The van der Waals surface area contributed by atoms with Gasteiger partial charge in [0.1, 0.15) is 0 Å². The minimum atomic E-state index is -0.644. The molecular weight excluding hydrogens is 292 g/mol. The molecule has 0 fully saturated rings. The van der Waals surface area contributed by atoms with Gasteiger partial charge in [0.2, 0.25) is 0 Å². The molecule has 2 rings (SSSR count). The molecule has 0 saturated heterocycles. The number of hydrogen-bond donors (Lipinski definition) is 1. The van der Waals surface area contributed by atoms with Crippen molar-refractivity contribution in [3.63, 3.8) is 0 Å². The Morgan fingerprint density at radius 2 is 2.10 bits per heavy atom. The van der Waals surface area contributed by atoms with Gasteiger partial charge in [0.05, 0.1) is 11.6 Å². The lowest BCUT2D eigenvalue weighted by Gasteiger charge is -2.12. The summed E-state index contributed by atoms with van der Waals surface area (Å²) in [5.74, 6) is -1.02. The van der Waals surface area contributed by atoms with Gasteiger partial charge in [-0.15, -0.1) is 11.3 Å². The largest absolute Gasteiger partial charge is 0.619 e. The van der Waals surface area contributed by atoms with E-state index in [4.69, 9.17) is 4.74 Å². The Kier molecular flexibility index (Phi) is 4.89. The Labute approximate surface area is 125 Å². The summed E-state index contributed by atoms with van der Waals surface area (Å²) in [4.78, 5) is 24.4. The van der Waals surface area contributed by atoms with Gasteiger partial charge in [-0.1, -0.05) is 6.07 Å². The van der Waals surface area contributed by atoms with Gasteiger partial charge in [0, 0.05) is 17.0 Å². The number of rotatable bonds is 5. The van der Waals surface area contributed by atoms with Gasteiger partial charge in [-0.05, 0) is 18.4 Å². The molecule has 0 unspecified atom stereocenters. The summed E-state index contributed by atoms with van der Waals surface area (Å²) in [7, 11) is 0. The second kappa shape index (κ2) is 6.85.